The number of nitrogens with one attached hydrogen (secondary N) is 1. The molecule has 5 rings (SSSR count). The van der Waals surface area contributed by atoms with Gasteiger partial charge in [0.25, 0.3) is 0 Å². The average molecular weight is 379 g/mol. The number of fused-ring (bicyclic) bond motifs is 3. The van der Waals surface area contributed by atoms with Crippen LogP contribution in [0.1, 0.15) is 28.5 Å². The Hall–Kier alpha value is -3.06. The van der Waals surface area contributed by atoms with E-state index in [0.29, 0.717) is 28.6 Å². The van der Waals surface area contributed by atoms with Crippen molar-refractivity contribution in [2.75, 3.05) is 0 Å². The van der Waals surface area contributed by atoms with Crippen molar-refractivity contribution >= 4 is 43.9 Å². The number of hydrogen-bond acceptors (Lipinski definition) is 5. The van der Waals surface area contributed by atoms with E-state index in [2.05, 4.69) is 15.2 Å². The molecule has 4 aromatic rings. The largest absolute Gasteiger partial charge is 0.417 e. The Morgan fingerprint density at radius 3 is 2.89 bits per heavy atom. The van der Waals surface area contributed by atoms with Crippen LogP contribution in [0.4, 0.5) is 4.39 Å². The Morgan fingerprint density at radius 1 is 1.22 bits per heavy atom. The van der Waals surface area contributed by atoms with Crippen molar-refractivity contribution in [2.24, 2.45) is 10.2 Å². The van der Waals surface area contributed by atoms with Crippen molar-refractivity contribution in [1.82, 2.24) is 4.98 Å². The first-order valence-corrected chi connectivity index (χ1v) is 9.28. The molecule has 0 radical (unpaired) electrons. The number of oxazole rings is 1. The van der Waals surface area contributed by atoms with Crippen molar-refractivity contribution in [2.45, 2.75) is 20.3 Å². The summed E-state index contributed by atoms with van der Waals surface area (Å²) in [4.78, 5) is 15.1. The van der Waals surface area contributed by atoms with Crippen molar-refractivity contribution < 1.29 is 8.81 Å². The SMILES string of the molecule is CC1=NN=C(c2sc3cccc(F)c3c2C)c2cc3oc(=O)[nH]c3cc2C1. The van der Waals surface area contributed by atoms with E-state index in [0.717, 1.165) is 32.0 Å². The minimum absolute atomic E-state index is 0.242. The summed E-state index contributed by atoms with van der Waals surface area (Å²) in [5.74, 6) is -0.733. The molecule has 134 valence electrons. The van der Waals surface area contributed by atoms with Gasteiger partial charge in [-0.2, -0.15) is 5.10 Å². The van der Waals surface area contributed by atoms with Gasteiger partial charge >= 0.3 is 5.76 Å². The lowest BCUT2D eigenvalue weighted by Crippen LogP contribution is -2.06. The first kappa shape index (κ1) is 16.1. The van der Waals surface area contributed by atoms with Gasteiger partial charge in [-0.15, -0.1) is 16.4 Å². The van der Waals surface area contributed by atoms with Gasteiger partial charge < -0.3 is 4.42 Å². The zero-order valence-corrected chi connectivity index (χ0v) is 15.4. The van der Waals surface area contributed by atoms with Crippen molar-refractivity contribution in [3.63, 3.8) is 0 Å². The topological polar surface area (TPSA) is 70.7 Å². The lowest BCUT2D eigenvalue weighted by Gasteiger charge is -2.09. The highest BCUT2D eigenvalue weighted by atomic mass is 32.1. The van der Waals surface area contributed by atoms with E-state index in [1.54, 1.807) is 6.07 Å². The fraction of sp³-hybridized carbons (Fsp3) is 0.150. The van der Waals surface area contributed by atoms with Gasteiger partial charge in [-0.3, -0.25) is 4.98 Å². The molecule has 0 saturated heterocycles. The summed E-state index contributed by atoms with van der Waals surface area (Å²) in [5.41, 5.74) is 5.33. The molecule has 1 aliphatic rings. The molecule has 5 nitrogen and oxygen atoms in total. The third kappa shape index (κ3) is 2.46. The van der Waals surface area contributed by atoms with Crippen LogP contribution in [0, 0.1) is 12.7 Å². The van der Waals surface area contributed by atoms with Gasteiger partial charge in [0.1, 0.15) is 11.5 Å². The molecule has 0 aliphatic carbocycles. The molecule has 0 atom stereocenters. The predicted octanol–water partition coefficient (Wildman–Crippen LogP) is 4.55. The highest BCUT2D eigenvalue weighted by Crippen LogP contribution is 2.36. The maximum absolute atomic E-state index is 14.4. The second kappa shape index (κ2) is 5.72. The zero-order valence-electron chi connectivity index (χ0n) is 14.6. The summed E-state index contributed by atoms with van der Waals surface area (Å²) in [5, 5.41) is 9.43. The zero-order chi connectivity index (χ0) is 18.7. The number of H-pyrrole nitrogens is 1. The Labute approximate surface area is 156 Å². The average Bonchev–Trinajstić information content (AvgIpc) is 3.10. The van der Waals surface area contributed by atoms with Gasteiger partial charge in [0.2, 0.25) is 0 Å². The van der Waals surface area contributed by atoms with Gasteiger partial charge in [-0.25, -0.2) is 9.18 Å². The molecule has 0 amide bonds. The normalized spacial score (nSPS) is 14.2. The second-order valence-electron chi connectivity index (χ2n) is 6.65. The van der Waals surface area contributed by atoms with E-state index in [4.69, 9.17) is 4.42 Å². The highest BCUT2D eigenvalue weighted by Gasteiger charge is 2.23. The fourth-order valence-electron chi connectivity index (χ4n) is 3.56. The molecule has 0 bridgehead atoms. The lowest BCUT2D eigenvalue weighted by molar-refractivity contribution is 0.555. The standard InChI is InChI=1S/C20H14FN3O2S/c1-9-6-11-7-14-15(26-20(25)22-14)8-12(11)18(24-23-9)19-10(2)17-13(21)4-3-5-16(17)27-19/h3-5,7-8H,6H2,1-2H3,(H,22,25). The molecule has 0 spiro atoms. The summed E-state index contributed by atoms with van der Waals surface area (Å²) < 4.78 is 20.5. The van der Waals surface area contributed by atoms with E-state index < -0.39 is 5.76 Å². The number of benzene rings is 2. The van der Waals surface area contributed by atoms with E-state index in [1.165, 1.54) is 17.4 Å². The fourth-order valence-corrected chi connectivity index (χ4v) is 4.78. The number of aromatic nitrogens is 1. The van der Waals surface area contributed by atoms with Crippen LogP contribution in [-0.4, -0.2) is 16.4 Å². The van der Waals surface area contributed by atoms with Crippen LogP contribution < -0.4 is 5.76 Å². The molecule has 27 heavy (non-hydrogen) atoms. The molecule has 0 fully saturated rings. The summed E-state index contributed by atoms with van der Waals surface area (Å²) in [6.45, 7) is 3.81. The van der Waals surface area contributed by atoms with Gasteiger partial charge in [-0.05, 0) is 49.2 Å². The smallest absolute Gasteiger partial charge is 0.408 e. The van der Waals surface area contributed by atoms with Crippen LogP contribution >= 0.6 is 11.3 Å². The number of halogens is 1. The quantitative estimate of drug-likeness (QED) is 0.527. The minimum atomic E-state index is -0.492. The van der Waals surface area contributed by atoms with Crippen LogP contribution in [0.2, 0.25) is 0 Å². The summed E-state index contributed by atoms with van der Waals surface area (Å²) >= 11 is 1.49. The Balaban J connectivity index is 1.82. The van der Waals surface area contributed by atoms with Crippen LogP contribution in [0.5, 0.6) is 0 Å². The van der Waals surface area contributed by atoms with Crippen LogP contribution in [0.25, 0.3) is 21.2 Å². The maximum Gasteiger partial charge on any atom is 0.417 e. The third-order valence-corrected chi connectivity index (χ3v) is 6.05. The minimum Gasteiger partial charge on any atom is -0.408 e. The van der Waals surface area contributed by atoms with E-state index in [-0.39, 0.29) is 5.82 Å². The molecule has 7 heteroatoms. The first-order valence-electron chi connectivity index (χ1n) is 8.46. The molecular weight excluding hydrogens is 365 g/mol. The van der Waals surface area contributed by atoms with E-state index in [9.17, 15) is 9.18 Å². The second-order valence-corrected chi connectivity index (χ2v) is 7.70. The van der Waals surface area contributed by atoms with Crippen LogP contribution in [0.3, 0.4) is 0 Å². The van der Waals surface area contributed by atoms with Crippen molar-refractivity contribution in [3.05, 3.63) is 68.3 Å². The number of hydrogen-bond donors (Lipinski definition) is 1. The van der Waals surface area contributed by atoms with Gasteiger partial charge in [0.05, 0.1) is 10.4 Å². The van der Waals surface area contributed by atoms with Gasteiger partial charge in [0, 0.05) is 27.8 Å². The molecule has 1 aliphatic heterocycles. The van der Waals surface area contributed by atoms with Crippen molar-refractivity contribution in [1.29, 1.82) is 0 Å². The van der Waals surface area contributed by atoms with Crippen LogP contribution in [-0.2, 0) is 6.42 Å². The predicted molar refractivity (Wildman–Crippen MR) is 106 cm³/mol. The number of rotatable bonds is 1. The third-order valence-electron chi connectivity index (χ3n) is 4.78. The summed E-state index contributed by atoms with van der Waals surface area (Å²) in [6, 6.07) is 8.80. The lowest BCUT2D eigenvalue weighted by atomic mass is 9.96. The summed E-state index contributed by atoms with van der Waals surface area (Å²) in [7, 11) is 0. The molecular formula is C20H14FN3O2S. The Bertz CT molecular complexity index is 1360. The Morgan fingerprint density at radius 2 is 2.07 bits per heavy atom. The molecule has 2 aromatic carbocycles. The molecule has 1 N–H and O–H groups in total. The molecule has 0 saturated carbocycles. The van der Waals surface area contributed by atoms with E-state index >= 15 is 0 Å². The van der Waals surface area contributed by atoms with Gasteiger partial charge in [0.15, 0.2) is 5.58 Å². The highest BCUT2D eigenvalue weighted by molar-refractivity contribution is 7.21. The molecule has 0 unspecified atom stereocenters. The number of thiophene rings is 1. The number of aryl methyl sites for hydroxylation is 1. The Kier molecular flexibility index (Phi) is 3.42. The molecule has 2 aromatic heterocycles. The van der Waals surface area contributed by atoms with Gasteiger partial charge in [-0.1, -0.05) is 6.07 Å². The van der Waals surface area contributed by atoms with E-state index in [1.807, 2.05) is 32.0 Å². The van der Waals surface area contributed by atoms with Crippen molar-refractivity contribution in [3.8, 4) is 0 Å². The monoisotopic (exact) mass is 379 g/mol. The first-order chi connectivity index (χ1) is 13.0. The van der Waals surface area contributed by atoms with Crippen LogP contribution in [0.15, 0.2) is 49.7 Å². The summed E-state index contributed by atoms with van der Waals surface area (Å²) in [6.07, 6.45) is 0.615. The maximum atomic E-state index is 14.4. The number of aromatic amines is 1. The number of nitrogens with zero attached hydrogens (tertiary/aromatic N) is 2. The molecule has 3 heterocycles.